The summed E-state index contributed by atoms with van der Waals surface area (Å²) in [5, 5.41) is 0. The topological polar surface area (TPSA) is 42.0 Å². The maximum atomic E-state index is 11.5. The van der Waals surface area contributed by atoms with E-state index in [0.29, 0.717) is 24.7 Å². The van der Waals surface area contributed by atoms with Gasteiger partial charge in [0.15, 0.2) is 0 Å². The van der Waals surface area contributed by atoms with Gasteiger partial charge in [-0.1, -0.05) is 6.92 Å². The predicted octanol–water partition coefficient (Wildman–Crippen LogP) is 0.591. The van der Waals surface area contributed by atoms with Crippen LogP contribution in [-0.2, 0) is 14.3 Å². The molecule has 1 amide bonds. The van der Waals surface area contributed by atoms with Gasteiger partial charge in [0.2, 0.25) is 5.91 Å². The molecule has 19 heavy (non-hydrogen) atoms. The van der Waals surface area contributed by atoms with Gasteiger partial charge in [-0.3, -0.25) is 9.69 Å². The SMILES string of the molecule is CCN1CCOC2C(COCC(=O)N(C)C)CCC21. The van der Waals surface area contributed by atoms with Crippen LogP contribution in [0.5, 0.6) is 0 Å². The summed E-state index contributed by atoms with van der Waals surface area (Å²) in [4.78, 5) is 15.5. The first-order valence-electron chi connectivity index (χ1n) is 7.27. The summed E-state index contributed by atoms with van der Waals surface area (Å²) in [6, 6.07) is 0.553. The average molecular weight is 270 g/mol. The van der Waals surface area contributed by atoms with Crippen LogP contribution in [-0.4, -0.2) is 74.9 Å². The summed E-state index contributed by atoms with van der Waals surface area (Å²) in [5.41, 5.74) is 0. The van der Waals surface area contributed by atoms with E-state index < -0.39 is 0 Å². The van der Waals surface area contributed by atoms with Crippen LogP contribution in [0.25, 0.3) is 0 Å². The molecule has 0 bridgehead atoms. The zero-order valence-electron chi connectivity index (χ0n) is 12.3. The summed E-state index contributed by atoms with van der Waals surface area (Å²) in [7, 11) is 3.50. The molecular formula is C14H26N2O3. The van der Waals surface area contributed by atoms with Crippen molar-refractivity contribution in [2.75, 3.05) is 47.0 Å². The zero-order chi connectivity index (χ0) is 13.8. The molecular weight excluding hydrogens is 244 g/mol. The van der Waals surface area contributed by atoms with Gasteiger partial charge in [-0.05, 0) is 19.4 Å². The second-order valence-corrected chi connectivity index (χ2v) is 5.67. The van der Waals surface area contributed by atoms with Gasteiger partial charge in [0.25, 0.3) is 0 Å². The van der Waals surface area contributed by atoms with Crippen molar-refractivity contribution in [3.05, 3.63) is 0 Å². The van der Waals surface area contributed by atoms with Crippen molar-refractivity contribution in [3.63, 3.8) is 0 Å². The molecule has 5 heteroatoms. The lowest BCUT2D eigenvalue weighted by molar-refractivity contribution is -0.135. The van der Waals surface area contributed by atoms with E-state index in [1.54, 1.807) is 19.0 Å². The van der Waals surface area contributed by atoms with E-state index in [9.17, 15) is 4.79 Å². The van der Waals surface area contributed by atoms with Crippen molar-refractivity contribution in [1.29, 1.82) is 0 Å². The highest BCUT2D eigenvalue weighted by Gasteiger charge is 2.42. The Bertz CT molecular complexity index is 309. The third kappa shape index (κ3) is 3.46. The van der Waals surface area contributed by atoms with E-state index in [-0.39, 0.29) is 12.5 Å². The number of hydrogen-bond acceptors (Lipinski definition) is 4. The van der Waals surface area contributed by atoms with Gasteiger partial charge in [0, 0.05) is 32.6 Å². The Labute approximate surface area is 115 Å². The number of ether oxygens (including phenoxy) is 2. The van der Waals surface area contributed by atoms with Gasteiger partial charge >= 0.3 is 0 Å². The number of hydrogen-bond donors (Lipinski definition) is 0. The first-order chi connectivity index (χ1) is 9.13. The molecule has 110 valence electrons. The maximum Gasteiger partial charge on any atom is 0.248 e. The van der Waals surface area contributed by atoms with Crippen LogP contribution in [0.3, 0.4) is 0 Å². The molecule has 1 saturated carbocycles. The molecule has 0 N–H and O–H groups in total. The van der Waals surface area contributed by atoms with Crippen LogP contribution < -0.4 is 0 Å². The Kier molecular flexibility index (Phi) is 5.19. The molecule has 2 rings (SSSR count). The minimum Gasteiger partial charge on any atom is -0.375 e. The molecule has 1 heterocycles. The Hall–Kier alpha value is -0.650. The van der Waals surface area contributed by atoms with Crippen molar-refractivity contribution in [1.82, 2.24) is 9.80 Å². The normalized spacial score (nSPS) is 31.2. The van der Waals surface area contributed by atoms with Crippen LogP contribution in [0, 0.1) is 5.92 Å². The third-order valence-corrected chi connectivity index (χ3v) is 4.30. The standard InChI is InChI=1S/C14H26N2O3/c1-4-16-7-8-19-14-11(5-6-12(14)16)9-18-10-13(17)15(2)3/h11-12,14H,4-10H2,1-3H3. The Morgan fingerprint density at radius 1 is 1.42 bits per heavy atom. The molecule has 1 saturated heterocycles. The number of carbonyl (C=O) groups excluding carboxylic acids is 1. The minimum atomic E-state index is 0.0225. The molecule has 2 fully saturated rings. The highest BCUT2D eigenvalue weighted by Crippen LogP contribution is 2.34. The Morgan fingerprint density at radius 2 is 2.21 bits per heavy atom. The van der Waals surface area contributed by atoms with Crippen LogP contribution in [0.2, 0.25) is 0 Å². The number of nitrogens with zero attached hydrogens (tertiary/aromatic N) is 2. The molecule has 5 nitrogen and oxygen atoms in total. The Balaban J connectivity index is 1.78. The molecule has 3 atom stereocenters. The quantitative estimate of drug-likeness (QED) is 0.733. The second kappa shape index (κ2) is 6.68. The summed E-state index contributed by atoms with van der Waals surface area (Å²) < 4.78 is 11.5. The van der Waals surface area contributed by atoms with E-state index in [4.69, 9.17) is 9.47 Å². The fraction of sp³-hybridized carbons (Fsp3) is 0.929. The lowest BCUT2D eigenvalue weighted by atomic mass is 10.0. The van der Waals surface area contributed by atoms with Gasteiger partial charge < -0.3 is 14.4 Å². The highest BCUT2D eigenvalue weighted by atomic mass is 16.5. The van der Waals surface area contributed by atoms with Gasteiger partial charge in [0.1, 0.15) is 6.61 Å². The van der Waals surface area contributed by atoms with Gasteiger partial charge in [0.05, 0.1) is 19.3 Å². The van der Waals surface area contributed by atoms with Gasteiger partial charge in [-0.15, -0.1) is 0 Å². The zero-order valence-corrected chi connectivity index (χ0v) is 12.3. The molecule has 0 aromatic heterocycles. The van der Waals surface area contributed by atoms with E-state index in [1.807, 2.05) is 0 Å². The summed E-state index contributed by atoms with van der Waals surface area (Å²) in [5.74, 6) is 0.462. The van der Waals surface area contributed by atoms with Crippen LogP contribution in [0.1, 0.15) is 19.8 Å². The molecule has 3 unspecified atom stereocenters. The lowest BCUT2D eigenvalue weighted by Crippen LogP contribution is -2.50. The van der Waals surface area contributed by atoms with Crippen molar-refractivity contribution >= 4 is 5.91 Å². The lowest BCUT2D eigenvalue weighted by Gasteiger charge is -2.38. The number of amides is 1. The van der Waals surface area contributed by atoms with Gasteiger partial charge in [-0.25, -0.2) is 0 Å². The summed E-state index contributed by atoms with van der Waals surface area (Å²) in [6.07, 6.45) is 2.62. The van der Waals surface area contributed by atoms with E-state index >= 15 is 0 Å². The first kappa shape index (κ1) is 14.8. The molecule has 1 aliphatic heterocycles. The molecule has 0 radical (unpaired) electrons. The van der Waals surface area contributed by atoms with Crippen LogP contribution >= 0.6 is 0 Å². The monoisotopic (exact) mass is 270 g/mol. The predicted molar refractivity (Wildman–Crippen MR) is 73.0 cm³/mol. The number of rotatable bonds is 5. The largest absolute Gasteiger partial charge is 0.375 e. The number of likely N-dealkylation sites (N-methyl/N-ethyl adjacent to an activating group) is 2. The molecule has 2 aliphatic rings. The second-order valence-electron chi connectivity index (χ2n) is 5.67. The fourth-order valence-corrected chi connectivity index (χ4v) is 3.13. The number of carbonyl (C=O) groups is 1. The van der Waals surface area contributed by atoms with E-state index in [2.05, 4.69) is 11.8 Å². The van der Waals surface area contributed by atoms with E-state index in [0.717, 1.165) is 26.1 Å². The van der Waals surface area contributed by atoms with Crippen LogP contribution in [0.15, 0.2) is 0 Å². The van der Waals surface area contributed by atoms with Crippen LogP contribution in [0.4, 0.5) is 0 Å². The van der Waals surface area contributed by atoms with Crippen molar-refractivity contribution in [3.8, 4) is 0 Å². The maximum absolute atomic E-state index is 11.5. The third-order valence-electron chi connectivity index (χ3n) is 4.30. The highest BCUT2D eigenvalue weighted by molar-refractivity contribution is 5.76. The summed E-state index contributed by atoms with van der Waals surface area (Å²) in [6.45, 7) is 5.99. The summed E-state index contributed by atoms with van der Waals surface area (Å²) >= 11 is 0. The molecule has 0 aromatic rings. The molecule has 0 spiro atoms. The van der Waals surface area contributed by atoms with Crippen molar-refractivity contribution < 1.29 is 14.3 Å². The molecule has 1 aliphatic carbocycles. The van der Waals surface area contributed by atoms with Gasteiger partial charge in [-0.2, -0.15) is 0 Å². The van der Waals surface area contributed by atoms with Crippen molar-refractivity contribution in [2.45, 2.75) is 31.9 Å². The fourth-order valence-electron chi connectivity index (χ4n) is 3.13. The average Bonchev–Trinajstić information content (AvgIpc) is 2.81. The minimum absolute atomic E-state index is 0.0225. The van der Waals surface area contributed by atoms with E-state index in [1.165, 1.54) is 6.42 Å². The smallest absolute Gasteiger partial charge is 0.248 e. The number of morpholine rings is 1. The Morgan fingerprint density at radius 3 is 2.89 bits per heavy atom. The van der Waals surface area contributed by atoms with Crippen molar-refractivity contribution in [2.24, 2.45) is 5.92 Å². The molecule has 0 aromatic carbocycles. The number of fused-ring (bicyclic) bond motifs is 1. The first-order valence-corrected chi connectivity index (χ1v) is 7.27.